The van der Waals surface area contributed by atoms with Crippen LogP contribution >= 0.6 is 0 Å². The molecular formula is C16H10F2N2. The number of hydrogen-bond acceptors (Lipinski definition) is 2. The van der Waals surface area contributed by atoms with Crippen LogP contribution in [0.1, 0.15) is 11.1 Å². The molecule has 2 nitrogen and oxygen atoms in total. The molecule has 0 N–H and O–H groups in total. The highest BCUT2D eigenvalue weighted by atomic mass is 19.1. The van der Waals surface area contributed by atoms with Crippen molar-refractivity contribution in [2.24, 2.45) is 0 Å². The number of halogens is 2. The first kappa shape index (κ1) is 12.4. The molecule has 20 heavy (non-hydrogen) atoms. The average Bonchev–Trinajstić information content (AvgIpc) is 2.47. The molecule has 1 heterocycles. The van der Waals surface area contributed by atoms with Crippen molar-refractivity contribution < 1.29 is 8.78 Å². The lowest BCUT2D eigenvalue weighted by atomic mass is 10.1. The fraction of sp³-hybridized carbons (Fsp3) is 0. The van der Waals surface area contributed by atoms with Crippen LogP contribution in [-0.2, 0) is 0 Å². The van der Waals surface area contributed by atoms with E-state index in [2.05, 4.69) is 10.2 Å². The van der Waals surface area contributed by atoms with Crippen LogP contribution in [-0.4, -0.2) is 10.2 Å². The van der Waals surface area contributed by atoms with E-state index in [0.29, 0.717) is 10.9 Å². The Morgan fingerprint density at radius 2 is 1.60 bits per heavy atom. The number of benzene rings is 2. The van der Waals surface area contributed by atoms with Gasteiger partial charge in [0.2, 0.25) is 0 Å². The van der Waals surface area contributed by atoms with Gasteiger partial charge in [0.1, 0.15) is 11.6 Å². The molecule has 1 aromatic heterocycles. The van der Waals surface area contributed by atoms with Crippen LogP contribution in [0.25, 0.3) is 23.1 Å². The van der Waals surface area contributed by atoms with Crippen LogP contribution in [0.15, 0.2) is 48.7 Å². The Labute approximate surface area is 114 Å². The molecule has 0 bridgehead atoms. The summed E-state index contributed by atoms with van der Waals surface area (Å²) in [5.41, 5.74) is 2.25. The zero-order valence-corrected chi connectivity index (χ0v) is 10.4. The van der Waals surface area contributed by atoms with Crippen LogP contribution < -0.4 is 0 Å². The van der Waals surface area contributed by atoms with E-state index < -0.39 is 0 Å². The van der Waals surface area contributed by atoms with Crippen LogP contribution in [0, 0.1) is 11.6 Å². The highest BCUT2D eigenvalue weighted by Gasteiger charge is 2.02. The van der Waals surface area contributed by atoms with E-state index in [1.807, 2.05) is 12.2 Å². The highest BCUT2D eigenvalue weighted by molar-refractivity contribution is 5.89. The second-order valence-corrected chi connectivity index (χ2v) is 4.35. The minimum Gasteiger partial charge on any atom is -0.207 e. The van der Waals surface area contributed by atoms with E-state index >= 15 is 0 Å². The molecule has 3 rings (SSSR count). The normalized spacial score (nSPS) is 11.3. The molecule has 0 aliphatic heterocycles. The molecule has 0 spiro atoms. The summed E-state index contributed by atoms with van der Waals surface area (Å²) in [6.45, 7) is 0. The van der Waals surface area contributed by atoms with Gasteiger partial charge in [-0.3, -0.25) is 0 Å². The van der Waals surface area contributed by atoms with Crippen molar-refractivity contribution in [1.82, 2.24) is 10.2 Å². The fourth-order valence-corrected chi connectivity index (χ4v) is 1.94. The van der Waals surface area contributed by atoms with E-state index in [1.165, 1.54) is 24.3 Å². The van der Waals surface area contributed by atoms with Crippen molar-refractivity contribution in [3.63, 3.8) is 0 Å². The minimum atomic E-state index is -0.318. The number of rotatable bonds is 2. The lowest BCUT2D eigenvalue weighted by molar-refractivity contribution is 0.627. The van der Waals surface area contributed by atoms with Crippen LogP contribution in [0.5, 0.6) is 0 Å². The summed E-state index contributed by atoms with van der Waals surface area (Å²) < 4.78 is 26.1. The quantitative estimate of drug-likeness (QED) is 0.700. The van der Waals surface area contributed by atoms with E-state index in [4.69, 9.17) is 0 Å². The summed E-state index contributed by atoms with van der Waals surface area (Å²) in [7, 11) is 0. The zero-order valence-electron chi connectivity index (χ0n) is 10.4. The Hall–Kier alpha value is -2.62. The lowest BCUT2D eigenvalue weighted by Crippen LogP contribution is -1.88. The molecule has 3 aromatic rings. The lowest BCUT2D eigenvalue weighted by Gasteiger charge is -2.00. The molecule has 0 radical (unpaired) electrons. The van der Waals surface area contributed by atoms with Gasteiger partial charge in [-0.05, 0) is 35.9 Å². The van der Waals surface area contributed by atoms with Gasteiger partial charge in [0.15, 0.2) is 0 Å². The van der Waals surface area contributed by atoms with Crippen molar-refractivity contribution in [3.05, 3.63) is 71.4 Å². The molecule has 0 unspecified atom stereocenters. The molecule has 98 valence electrons. The van der Waals surface area contributed by atoms with Gasteiger partial charge in [0.05, 0.1) is 11.7 Å². The second kappa shape index (κ2) is 5.17. The van der Waals surface area contributed by atoms with E-state index in [1.54, 1.807) is 24.4 Å². The van der Waals surface area contributed by atoms with Gasteiger partial charge >= 0.3 is 0 Å². The third kappa shape index (κ3) is 2.54. The van der Waals surface area contributed by atoms with Crippen molar-refractivity contribution >= 4 is 23.1 Å². The summed E-state index contributed by atoms with van der Waals surface area (Å²) in [5.74, 6) is -0.595. The predicted octanol–water partition coefficient (Wildman–Crippen LogP) is 4.08. The van der Waals surface area contributed by atoms with Crippen molar-refractivity contribution in [2.45, 2.75) is 0 Å². The summed E-state index contributed by atoms with van der Waals surface area (Å²) >= 11 is 0. The molecule has 0 aliphatic carbocycles. The number of hydrogen-bond donors (Lipinski definition) is 0. The number of aromatic nitrogens is 2. The molecular weight excluding hydrogens is 258 g/mol. The van der Waals surface area contributed by atoms with Crippen LogP contribution in [0.3, 0.4) is 0 Å². The second-order valence-electron chi connectivity index (χ2n) is 4.35. The number of nitrogens with zero attached hydrogens (tertiary/aromatic N) is 2. The average molecular weight is 268 g/mol. The Kier molecular flexibility index (Phi) is 3.21. The first-order valence-electron chi connectivity index (χ1n) is 6.07. The number of fused-ring (bicyclic) bond motifs is 1. The topological polar surface area (TPSA) is 25.8 Å². The summed E-state index contributed by atoms with van der Waals surface area (Å²) in [6, 6.07) is 10.5. The van der Waals surface area contributed by atoms with Gasteiger partial charge in [-0.15, -0.1) is 0 Å². The monoisotopic (exact) mass is 268 g/mol. The van der Waals surface area contributed by atoms with E-state index in [9.17, 15) is 8.78 Å². The Bertz CT molecular complexity index is 780. The third-order valence-electron chi connectivity index (χ3n) is 2.96. The largest absolute Gasteiger partial charge is 0.207 e. The maximum Gasteiger partial charge on any atom is 0.123 e. The van der Waals surface area contributed by atoms with Gasteiger partial charge in [0, 0.05) is 10.9 Å². The van der Waals surface area contributed by atoms with Gasteiger partial charge in [-0.2, -0.15) is 10.2 Å². The van der Waals surface area contributed by atoms with Crippen molar-refractivity contribution in [1.29, 1.82) is 0 Å². The van der Waals surface area contributed by atoms with E-state index in [0.717, 1.165) is 11.1 Å². The summed E-state index contributed by atoms with van der Waals surface area (Å²) in [4.78, 5) is 0. The van der Waals surface area contributed by atoms with Gasteiger partial charge in [-0.1, -0.05) is 24.3 Å². The molecule has 4 heteroatoms. The van der Waals surface area contributed by atoms with Crippen molar-refractivity contribution in [2.75, 3.05) is 0 Å². The fourth-order valence-electron chi connectivity index (χ4n) is 1.94. The minimum absolute atomic E-state index is 0.278. The standard InChI is InChI=1S/C16H10F2N2/c17-13-5-2-11(3-6-13)1-4-12-10-19-20-16-8-7-14(18)9-15(12)16/h1-10H/b4-1+. The molecule has 0 atom stereocenters. The van der Waals surface area contributed by atoms with Crippen LogP contribution in [0.4, 0.5) is 8.78 Å². The zero-order chi connectivity index (χ0) is 13.9. The Morgan fingerprint density at radius 3 is 2.40 bits per heavy atom. The smallest absolute Gasteiger partial charge is 0.123 e. The maximum absolute atomic E-state index is 13.3. The van der Waals surface area contributed by atoms with Gasteiger partial charge < -0.3 is 0 Å². The molecule has 0 amide bonds. The Balaban J connectivity index is 2.02. The molecule has 0 saturated heterocycles. The molecule has 2 aromatic carbocycles. The SMILES string of the molecule is Fc1ccc(/C=C/c2cnnc3ccc(F)cc23)cc1. The molecule has 0 fully saturated rings. The summed E-state index contributed by atoms with van der Waals surface area (Å²) in [6.07, 6.45) is 5.20. The highest BCUT2D eigenvalue weighted by Crippen LogP contribution is 2.19. The Morgan fingerprint density at radius 1 is 0.850 bits per heavy atom. The third-order valence-corrected chi connectivity index (χ3v) is 2.96. The van der Waals surface area contributed by atoms with Crippen LogP contribution in [0.2, 0.25) is 0 Å². The van der Waals surface area contributed by atoms with Gasteiger partial charge in [-0.25, -0.2) is 8.78 Å². The van der Waals surface area contributed by atoms with Gasteiger partial charge in [0.25, 0.3) is 0 Å². The molecule has 0 aliphatic rings. The molecule has 0 saturated carbocycles. The van der Waals surface area contributed by atoms with E-state index in [-0.39, 0.29) is 11.6 Å². The maximum atomic E-state index is 13.3. The first-order valence-corrected chi connectivity index (χ1v) is 6.07. The summed E-state index contributed by atoms with van der Waals surface area (Å²) in [5, 5.41) is 8.53. The predicted molar refractivity (Wildman–Crippen MR) is 74.8 cm³/mol. The first-order chi connectivity index (χ1) is 9.72. The van der Waals surface area contributed by atoms with Crippen molar-refractivity contribution in [3.8, 4) is 0 Å².